The van der Waals surface area contributed by atoms with Crippen molar-refractivity contribution in [1.29, 1.82) is 0 Å². The van der Waals surface area contributed by atoms with E-state index in [0.717, 1.165) is 5.56 Å². The Hall–Kier alpha value is -2.04. The summed E-state index contributed by atoms with van der Waals surface area (Å²) in [6.07, 6.45) is 0.179. The van der Waals surface area contributed by atoms with Crippen LogP contribution < -0.4 is 10.2 Å². The maximum atomic E-state index is 12.5. The first kappa shape index (κ1) is 16.8. The number of benzene rings is 2. The SMILES string of the molecule is Cc1c(Cl)cccc1NC(=O)[C@H]1CC(=O)N(c2cccc(Cl)c2)C1. The second-order valence-corrected chi connectivity index (χ2v) is 6.63. The minimum absolute atomic E-state index is 0.0831. The van der Waals surface area contributed by atoms with Crippen LogP contribution in [-0.4, -0.2) is 18.4 Å². The lowest BCUT2D eigenvalue weighted by Gasteiger charge is -2.17. The Morgan fingerprint density at radius 1 is 1.21 bits per heavy atom. The zero-order valence-corrected chi connectivity index (χ0v) is 14.6. The van der Waals surface area contributed by atoms with Gasteiger partial charge in [0.15, 0.2) is 0 Å². The molecule has 0 radical (unpaired) electrons. The molecule has 1 N–H and O–H groups in total. The summed E-state index contributed by atoms with van der Waals surface area (Å²) >= 11 is 12.1. The molecule has 6 heteroatoms. The van der Waals surface area contributed by atoms with Gasteiger partial charge in [0.25, 0.3) is 0 Å². The van der Waals surface area contributed by atoms with Crippen molar-refractivity contribution in [3.8, 4) is 0 Å². The van der Waals surface area contributed by atoms with Gasteiger partial charge < -0.3 is 10.2 Å². The summed E-state index contributed by atoms with van der Waals surface area (Å²) in [5.74, 6) is -0.673. The highest BCUT2D eigenvalue weighted by Gasteiger charge is 2.35. The van der Waals surface area contributed by atoms with Crippen molar-refractivity contribution in [2.45, 2.75) is 13.3 Å². The first-order valence-corrected chi connectivity index (χ1v) is 8.33. The molecule has 1 saturated heterocycles. The lowest BCUT2D eigenvalue weighted by Crippen LogP contribution is -2.28. The Labute approximate surface area is 150 Å². The quantitative estimate of drug-likeness (QED) is 0.884. The van der Waals surface area contributed by atoms with E-state index in [0.29, 0.717) is 28.0 Å². The summed E-state index contributed by atoms with van der Waals surface area (Å²) in [6.45, 7) is 2.18. The first-order valence-electron chi connectivity index (χ1n) is 7.57. The van der Waals surface area contributed by atoms with Gasteiger partial charge in [-0.05, 0) is 42.8 Å². The first-order chi connectivity index (χ1) is 11.5. The molecule has 1 aliphatic rings. The van der Waals surface area contributed by atoms with Crippen LogP contribution in [0, 0.1) is 12.8 Å². The Kier molecular flexibility index (Phi) is 4.78. The summed E-state index contributed by atoms with van der Waals surface area (Å²) in [5.41, 5.74) is 2.19. The van der Waals surface area contributed by atoms with Gasteiger partial charge in [-0.15, -0.1) is 0 Å². The summed E-state index contributed by atoms with van der Waals surface area (Å²) in [7, 11) is 0. The number of nitrogens with one attached hydrogen (secondary N) is 1. The standard InChI is InChI=1S/C18H16Cl2N2O2/c1-11-15(20)6-3-7-16(11)21-18(24)12-8-17(23)22(10-12)14-5-2-4-13(19)9-14/h2-7,9,12H,8,10H2,1H3,(H,21,24)/t12-/m0/s1. The molecule has 0 aromatic heterocycles. The fourth-order valence-corrected chi connectivity index (χ4v) is 3.11. The third kappa shape index (κ3) is 3.40. The predicted octanol–water partition coefficient (Wildman–Crippen LogP) is 4.29. The van der Waals surface area contributed by atoms with Crippen molar-refractivity contribution in [2.75, 3.05) is 16.8 Å². The fourth-order valence-electron chi connectivity index (χ4n) is 2.75. The summed E-state index contributed by atoms with van der Waals surface area (Å²) < 4.78 is 0. The molecule has 1 aliphatic heterocycles. The summed E-state index contributed by atoms with van der Waals surface area (Å²) in [4.78, 5) is 26.4. The molecule has 0 saturated carbocycles. The number of amides is 2. The Morgan fingerprint density at radius 2 is 1.96 bits per heavy atom. The second-order valence-electron chi connectivity index (χ2n) is 5.79. The van der Waals surface area contributed by atoms with E-state index in [4.69, 9.17) is 23.2 Å². The van der Waals surface area contributed by atoms with Gasteiger partial charge in [0.1, 0.15) is 0 Å². The third-order valence-corrected chi connectivity index (χ3v) is 4.79. The molecule has 124 valence electrons. The van der Waals surface area contributed by atoms with Crippen LogP contribution in [0.1, 0.15) is 12.0 Å². The number of hydrogen-bond donors (Lipinski definition) is 1. The van der Waals surface area contributed by atoms with Crippen LogP contribution in [0.5, 0.6) is 0 Å². The van der Waals surface area contributed by atoms with Crippen molar-refractivity contribution < 1.29 is 9.59 Å². The maximum Gasteiger partial charge on any atom is 0.229 e. The molecule has 1 atom stereocenters. The van der Waals surface area contributed by atoms with E-state index in [9.17, 15) is 9.59 Å². The Bertz CT molecular complexity index is 807. The average Bonchev–Trinajstić information content (AvgIpc) is 2.94. The van der Waals surface area contributed by atoms with Crippen molar-refractivity contribution in [2.24, 2.45) is 5.92 Å². The van der Waals surface area contributed by atoms with Gasteiger partial charge in [-0.2, -0.15) is 0 Å². The van der Waals surface area contributed by atoms with Crippen molar-refractivity contribution in [1.82, 2.24) is 0 Å². The molecule has 1 heterocycles. The van der Waals surface area contributed by atoms with Crippen LogP contribution in [-0.2, 0) is 9.59 Å². The molecule has 1 fully saturated rings. The van der Waals surface area contributed by atoms with Gasteiger partial charge in [-0.3, -0.25) is 9.59 Å². The van der Waals surface area contributed by atoms with Gasteiger partial charge in [-0.1, -0.05) is 35.3 Å². The van der Waals surface area contributed by atoms with Gasteiger partial charge in [0.2, 0.25) is 11.8 Å². The number of halogens is 2. The molecular weight excluding hydrogens is 347 g/mol. The van der Waals surface area contributed by atoms with Crippen LogP contribution in [0.15, 0.2) is 42.5 Å². The normalized spacial score (nSPS) is 17.2. The number of carbonyl (C=O) groups is 2. The number of rotatable bonds is 3. The molecule has 24 heavy (non-hydrogen) atoms. The summed E-state index contributed by atoms with van der Waals surface area (Å²) in [5, 5.41) is 4.02. The Balaban J connectivity index is 1.73. The van der Waals surface area contributed by atoms with Crippen LogP contribution in [0.4, 0.5) is 11.4 Å². The molecule has 0 unspecified atom stereocenters. The largest absolute Gasteiger partial charge is 0.325 e. The van der Waals surface area contributed by atoms with Gasteiger partial charge in [0.05, 0.1) is 5.92 Å². The van der Waals surface area contributed by atoms with Crippen LogP contribution >= 0.6 is 23.2 Å². The third-order valence-electron chi connectivity index (χ3n) is 4.14. The molecular formula is C18H16Cl2N2O2. The minimum Gasteiger partial charge on any atom is -0.325 e. The topological polar surface area (TPSA) is 49.4 Å². The van der Waals surface area contributed by atoms with Crippen molar-refractivity contribution in [3.05, 3.63) is 58.1 Å². The highest BCUT2D eigenvalue weighted by Crippen LogP contribution is 2.29. The van der Waals surface area contributed by atoms with Crippen molar-refractivity contribution >= 4 is 46.4 Å². The van der Waals surface area contributed by atoms with Crippen LogP contribution in [0.3, 0.4) is 0 Å². The van der Waals surface area contributed by atoms with E-state index < -0.39 is 5.92 Å². The molecule has 2 amide bonds. The van der Waals surface area contributed by atoms with E-state index in [1.807, 2.05) is 13.0 Å². The molecule has 3 rings (SSSR count). The zero-order chi connectivity index (χ0) is 17.3. The summed E-state index contributed by atoms with van der Waals surface area (Å²) in [6, 6.07) is 12.4. The van der Waals surface area contributed by atoms with Gasteiger partial charge in [-0.25, -0.2) is 0 Å². The second kappa shape index (κ2) is 6.83. The lowest BCUT2D eigenvalue weighted by atomic mass is 10.1. The van der Waals surface area contributed by atoms with E-state index >= 15 is 0 Å². The average molecular weight is 363 g/mol. The predicted molar refractivity (Wildman–Crippen MR) is 96.7 cm³/mol. The molecule has 0 bridgehead atoms. The van der Waals surface area contributed by atoms with E-state index in [-0.39, 0.29) is 18.2 Å². The van der Waals surface area contributed by atoms with E-state index in [1.54, 1.807) is 41.3 Å². The number of nitrogens with zero attached hydrogens (tertiary/aromatic N) is 1. The van der Waals surface area contributed by atoms with E-state index in [1.165, 1.54) is 0 Å². The maximum absolute atomic E-state index is 12.5. The monoisotopic (exact) mass is 362 g/mol. The zero-order valence-electron chi connectivity index (χ0n) is 13.1. The molecule has 4 nitrogen and oxygen atoms in total. The highest BCUT2D eigenvalue weighted by molar-refractivity contribution is 6.32. The molecule has 0 aliphatic carbocycles. The van der Waals surface area contributed by atoms with E-state index in [2.05, 4.69) is 5.32 Å². The number of hydrogen-bond acceptors (Lipinski definition) is 2. The molecule has 2 aromatic carbocycles. The highest BCUT2D eigenvalue weighted by atomic mass is 35.5. The smallest absolute Gasteiger partial charge is 0.229 e. The number of anilines is 2. The number of carbonyl (C=O) groups excluding carboxylic acids is 2. The van der Waals surface area contributed by atoms with Crippen LogP contribution in [0.2, 0.25) is 10.0 Å². The molecule has 0 spiro atoms. The minimum atomic E-state index is -0.408. The lowest BCUT2D eigenvalue weighted by molar-refractivity contribution is -0.122. The van der Waals surface area contributed by atoms with Gasteiger partial charge in [0, 0.05) is 34.4 Å². The molecule has 2 aromatic rings. The fraction of sp³-hybridized carbons (Fsp3) is 0.222. The van der Waals surface area contributed by atoms with Gasteiger partial charge >= 0.3 is 0 Å². The van der Waals surface area contributed by atoms with Crippen LogP contribution in [0.25, 0.3) is 0 Å². The Morgan fingerprint density at radius 3 is 2.71 bits per heavy atom. The van der Waals surface area contributed by atoms with Crippen molar-refractivity contribution in [3.63, 3.8) is 0 Å².